The van der Waals surface area contributed by atoms with Gasteiger partial charge in [0.1, 0.15) is 17.5 Å². The van der Waals surface area contributed by atoms with E-state index in [0.29, 0.717) is 0 Å². The van der Waals surface area contributed by atoms with Crippen LogP contribution >= 0.6 is 0 Å². The van der Waals surface area contributed by atoms with E-state index in [1.165, 1.54) is 5.56 Å². The van der Waals surface area contributed by atoms with Crippen LogP contribution in [0.5, 0.6) is 0 Å². The van der Waals surface area contributed by atoms with Gasteiger partial charge in [-0.25, -0.2) is 9.97 Å². The van der Waals surface area contributed by atoms with Crippen LogP contribution in [-0.2, 0) is 6.42 Å². The molecule has 0 saturated carbocycles. The zero-order valence-corrected chi connectivity index (χ0v) is 13.1. The van der Waals surface area contributed by atoms with Gasteiger partial charge in [0.25, 0.3) is 0 Å². The summed E-state index contributed by atoms with van der Waals surface area (Å²) >= 11 is 0. The number of likely N-dealkylation sites (N-methyl/N-ethyl adjacent to an activating group) is 1. The zero-order chi connectivity index (χ0) is 15.1. The Hall–Kier alpha value is -2.10. The Bertz CT molecular complexity index is 554. The fourth-order valence-electron chi connectivity index (χ4n) is 2.15. The van der Waals surface area contributed by atoms with Gasteiger partial charge in [-0.15, -0.1) is 0 Å². The third kappa shape index (κ3) is 4.74. The molecule has 0 radical (unpaired) electrons. The highest BCUT2D eigenvalue weighted by Gasteiger charge is 2.06. The van der Waals surface area contributed by atoms with Crippen molar-refractivity contribution >= 4 is 11.6 Å². The minimum absolute atomic E-state index is 0.803. The molecule has 0 aliphatic carbocycles. The third-order valence-electron chi connectivity index (χ3n) is 3.35. The van der Waals surface area contributed by atoms with Crippen molar-refractivity contribution in [1.82, 2.24) is 9.97 Å². The second-order valence-corrected chi connectivity index (χ2v) is 5.24. The molecular weight excluding hydrogens is 260 g/mol. The number of aromatic nitrogens is 2. The van der Waals surface area contributed by atoms with Crippen LogP contribution < -0.4 is 10.2 Å². The van der Waals surface area contributed by atoms with Crippen molar-refractivity contribution in [2.24, 2.45) is 0 Å². The second-order valence-electron chi connectivity index (χ2n) is 5.24. The quantitative estimate of drug-likeness (QED) is 0.847. The Morgan fingerprint density at radius 3 is 2.62 bits per heavy atom. The Labute approximate surface area is 127 Å². The van der Waals surface area contributed by atoms with E-state index in [9.17, 15) is 0 Å². The summed E-state index contributed by atoms with van der Waals surface area (Å²) in [6.07, 6.45) is 2.10. The first-order valence-electron chi connectivity index (χ1n) is 7.53. The first-order chi connectivity index (χ1) is 10.2. The van der Waals surface area contributed by atoms with Crippen molar-refractivity contribution in [2.75, 3.05) is 30.4 Å². The molecule has 1 aromatic heterocycles. The SMILES string of the molecule is CCCNc1cc(N(C)CCc2ccccc2)nc(C)n1. The normalized spacial score (nSPS) is 10.4. The predicted octanol–water partition coefficient (Wildman–Crippen LogP) is 3.29. The molecule has 2 aromatic rings. The maximum absolute atomic E-state index is 4.53. The van der Waals surface area contributed by atoms with E-state index in [4.69, 9.17) is 0 Å². The third-order valence-corrected chi connectivity index (χ3v) is 3.35. The molecule has 0 atom stereocenters. The fourth-order valence-corrected chi connectivity index (χ4v) is 2.15. The lowest BCUT2D eigenvalue weighted by Crippen LogP contribution is -2.22. The van der Waals surface area contributed by atoms with Gasteiger partial charge in [-0.2, -0.15) is 0 Å². The van der Waals surface area contributed by atoms with Crippen LogP contribution in [0, 0.1) is 6.92 Å². The average molecular weight is 284 g/mol. The van der Waals surface area contributed by atoms with Gasteiger partial charge >= 0.3 is 0 Å². The van der Waals surface area contributed by atoms with Crippen LogP contribution in [0.3, 0.4) is 0 Å². The lowest BCUT2D eigenvalue weighted by molar-refractivity contribution is 0.847. The molecule has 112 valence electrons. The second kappa shape index (κ2) is 7.62. The van der Waals surface area contributed by atoms with Crippen molar-refractivity contribution in [1.29, 1.82) is 0 Å². The molecule has 4 nitrogen and oxygen atoms in total. The lowest BCUT2D eigenvalue weighted by atomic mass is 10.1. The van der Waals surface area contributed by atoms with E-state index >= 15 is 0 Å². The van der Waals surface area contributed by atoms with Crippen LogP contribution in [0.2, 0.25) is 0 Å². The highest BCUT2D eigenvalue weighted by atomic mass is 15.2. The molecule has 0 aliphatic heterocycles. The van der Waals surface area contributed by atoms with Crippen molar-refractivity contribution in [2.45, 2.75) is 26.7 Å². The minimum atomic E-state index is 0.803. The molecule has 4 heteroatoms. The van der Waals surface area contributed by atoms with E-state index < -0.39 is 0 Å². The Kier molecular flexibility index (Phi) is 5.55. The molecule has 21 heavy (non-hydrogen) atoms. The van der Waals surface area contributed by atoms with E-state index in [2.05, 4.69) is 58.4 Å². The van der Waals surface area contributed by atoms with Crippen LogP contribution in [0.15, 0.2) is 36.4 Å². The standard InChI is InChI=1S/C17H24N4/c1-4-11-18-16-13-17(20-14(2)19-16)21(3)12-10-15-8-6-5-7-9-15/h5-9,13H,4,10-12H2,1-3H3,(H,18,19,20). The summed E-state index contributed by atoms with van der Waals surface area (Å²) in [4.78, 5) is 11.1. The number of nitrogens with zero attached hydrogens (tertiary/aromatic N) is 3. The maximum Gasteiger partial charge on any atom is 0.134 e. The molecule has 2 rings (SSSR count). The summed E-state index contributed by atoms with van der Waals surface area (Å²) in [5, 5.41) is 3.33. The number of hydrogen-bond donors (Lipinski definition) is 1. The van der Waals surface area contributed by atoms with Gasteiger partial charge in [0.15, 0.2) is 0 Å². The van der Waals surface area contributed by atoms with Gasteiger partial charge in [0.2, 0.25) is 0 Å². The van der Waals surface area contributed by atoms with E-state index in [1.807, 2.05) is 19.1 Å². The Morgan fingerprint density at radius 2 is 1.90 bits per heavy atom. The number of rotatable bonds is 7. The highest BCUT2D eigenvalue weighted by molar-refractivity contribution is 5.49. The summed E-state index contributed by atoms with van der Waals surface area (Å²) in [5.74, 6) is 2.68. The van der Waals surface area contributed by atoms with Gasteiger partial charge in [0, 0.05) is 26.2 Å². The predicted molar refractivity (Wildman–Crippen MR) is 89.0 cm³/mol. The first kappa shape index (κ1) is 15.3. The van der Waals surface area contributed by atoms with Gasteiger partial charge in [-0.3, -0.25) is 0 Å². The van der Waals surface area contributed by atoms with Crippen molar-refractivity contribution < 1.29 is 0 Å². The number of aryl methyl sites for hydroxylation is 1. The van der Waals surface area contributed by atoms with Crippen LogP contribution in [0.4, 0.5) is 11.6 Å². The molecule has 1 heterocycles. The molecule has 0 unspecified atom stereocenters. The lowest BCUT2D eigenvalue weighted by Gasteiger charge is -2.19. The maximum atomic E-state index is 4.53. The Balaban J connectivity index is 2.01. The summed E-state index contributed by atoms with van der Waals surface area (Å²) < 4.78 is 0. The molecule has 1 aromatic carbocycles. The highest BCUT2D eigenvalue weighted by Crippen LogP contribution is 2.15. The monoisotopic (exact) mass is 284 g/mol. The number of hydrogen-bond acceptors (Lipinski definition) is 4. The molecule has 0 spiro atoms. The summed E-state index contributed by atoms with van der Waals surface area (Å²) in [7, 11) is 2.08. The van der Waals surface area contributed by atoms with Crippen molar-refractivity contribution in [3.8, 4) is 0 Å². The first-order valence-corrected chi connectivity index (χ1v) is 7.53. The largest absolute Gasteiger partial charge is 0.370 e. The van der Waals surface area contributed by atoms with Gasteiger partial charge in [0.05, 0.1) is 0 Å². The molecule has 1 N–H and O–H groups in total. The van der Waals surface area contributed by atoms with E-state index in [1.54, 1.807) is 0 Å². The molecule has 0 saturated heterocycles. The zero-order valence-electron chi connectivity index (χ0n) is 13.1. The van der Waals surface area contributed by atoms with Gasteiger partial charge in [-0.05, 0) is 25.3 Å². The molecule has 0 fully saturated rings. The van der Waals surface area contributed by atoms with Crippen LogP contribution in [0.25, 0.3) is 0 Å². The number of anilines is 2. The van der Waals surface area contributed by atoms with E-state index in [-0.39, 0.29) is 0 Å². The van der Waals surface area contributed by atoms with Crippen molar-refractivity contribution in [3.05, 3.63) is 47.8 Å². The van der Waals surface area contributed by atoms with E-state index in [0.717, 1.165) is 43.4 Å². The number of benzene rings is 1. The van der Waals surface area contributed by atoms with Gasteiger partial charge < -0.3 is 10.2 Å². The van der Waals surface area contributed by atoms with Crippen molar-refractivity contribution in [3.63, 3.8) is 0 Å². The summed E-state index contributed by atoms with van der Waals surface area (Å²) in [6.45, 7) is 5.96. The molecular formula is C17H24N4. The molecule has 0 aliphatic rings. The Morgan fingerprint density at radius 1 is 1.14 bits per heavy atom. The van der Waals surface area contributed by atoms with Crippen LogP contribution in [0.1, 0.15) is 24.7 Å². The average Bonchev–Trinajstić information content (AvgIpc) is 2.51. The summed E-state index contributed by atoms with van der Waals surface area (Å²) in [5.41, 5.74) is 1.35. The van der Waals surface area contributed by atoms with Gasteiger partial charge in [-0.1, -0.05) is 37.3 Å². The molecule has 0 amide bonds. The number of nitrogens with one attached hydrogen (secondary N) is 1. The topological polar surface area (TPSA) is 41.0 Å². The smallest absolute Gasteiger partial charge is 0.134 e. The summed E-state index contributed by atoms with van der Waals surface area (Å²) in [6, 6.07) is 12.6. The van der Waals surface area contributed by atoms with Crippen LogP contribution in [-0.4, -0.2) is 30.1 Å². The minimum Gasteiger partial charge on any atom is -0.370 e. The molecule has 0 bridgehead atoms. The fraction of sp³-hybridized carbons (Fsp3) is 0.412.